The van der Waals surface area contributed by atoms with Gasteiger partial charge in [0.15, 0.2) is 0 Å². The van der Waals surface area contributed by atoms with E-state index in [9.17, 15) is 4.39 Å². The molecule has 4 aliphatic carbocycles. The Labute approximate surface area is 297 Å². The number of halogens is 1. The van der Waals surface area contributed by atoms with Gasteiger partial charge in [0.1, 0.15) is 5.82 Å². The molecule has 0 amide bonds. The maximum Gasteiger partial charge on any atom is 0.128 e. The van der Waals surface area contributed by atoms with E-state index in [1.807, 2.05) is 12.1 Å². The molecule has 0 saturated heterocycles. The Hall–Kier alpha value is -4.19. The lowest BCUT2D eigenvalue weighted by molar-refractivity contribution is 0.0169. The molecular weight excluding hydrogens is 606 g/mol. The molecule has 6 heteroatoms. The summed E-state index contributed by atoms with van der Waals surface area (Å²) in [6.07, 6.45) is 13.9. The third-order valence-electron chi connectivity index (χ3n) is 10.7. The summed E-state index contributed by atoms with van der Waals surface area (Å²) in [6.45, 7) is 37.6. The summed E-state index contributed by atoms with van der Waals surface area (Å²) in [5, 5.41) is 10.3. The fourth-order valence-electron chi connectivity index (χ4n) is 6.96. The van der Waals surface area contributed by atoms with Gasteiger partial charge >= 0.3 is 0 Å². The first-order valence-electron chi connectivity index (χ1n) is 17.9. The molecule has 0 heterocycles. The topological polar surface area (TPSA) is 65.3 Å². The first-order valence-corrected chi connectivity index (χ1v) is 17.9. The minimum Gasteiger partial charge on any atom is -0.397 e. The lowest BCUT2D eigenvalue weighted by Gasteiger charge is -2.54. The molecule has 2 bridgehead atoms. The van der Waals surface area contributed by atoms with Crippen molar-refractivity contribution in [2.75, 3.05) is 13.6 Å². The van der Waals surface area contributed by atoms with Crippen molar-refractivity contribution in [3.63, 3.8) is 0 Å². The highest BCUT2D eigenvalue weighted by Gasteiger charge is 2.48. The summed E-state index contributed by atoms with van der Waals surface area (Å²) >= 11 is 0. The molecule has 1 aromatic rings. The molecule has 5 nitrogen and oxygen atoms in total. The minimum atomic E-state index is -0.282. The van der Waals surface area contributed by atoms with Crippen molar-refractivity contribution in [1.82, 2.24) is 20.9 Å². The number of allylic oxidation sites excluding steroid dienone is 6. The van der Waals surface area contributed by atoms with E-state index in [1.54, 1.807) is 6.07 Å². The van der Waals surface area contributed by atoms with Gasteiger partial charge in [-0.1, -0.05) is 84.4 Å². The Morgan fingerprint density at radius 3 is 2.08 bits per heavy atom. The molecule has 0 aromatic heterocycles. The monoisotopic (exact) mass is 667 g/mol. The van der Waals surface area contributed by atoms with Gasteiger partial charge in [-0.2, -0.15) is 0 Å². The van der Waals surface area contributed by atoms with E-state index < -0.39 is 0 Å². The molecule has 0 unspecified atom stereocenters. The van der Waals surface area contributed by atoms with Gasteiger partial charge in [-0.25, -0.2) is 4.39 Å². The Morgan fingerprint density at radius 1 is 0.918 bits per heavy atom. The van der Waals surface area contributed by atoms with Crippen molar-refractivity contribution in [2.24, 2.45) is 16.6 Å². The van der Waals surface area contributed by atoms with Crippen LogP contribution >= 0.6 is 0 Å². The summed E-state index contributed by atoms with van der Waals surface area (Å²) < 4.78 is 14.6. The van der Waals surface area contributed by atoms with Crippen LogP contribution in [0.1, 0.15) is 97.1 Å². The van der Waals surface area contributed by atoms with E-state index in [-0.39, 0.29) is 5.82 Å². The zero-order chi connectivity index (χ0) is 36.5. The van der Waals surface area contributed by atoms with Crippen LogP contribution < -0.4 is 21.7 Å². The maximum absolute atomic E-state index is 14.6. The Morgan fingerprint density at radius 2 is 1.53 bits per heavy atom. The fourth-order valence-corrected chi connectivity index (χ4v) is 6.96. The van der Waals surface area contributed by atoms with Gasteiger partial charge in [0.2, 0.25) is 0 Å². The van der Waals surface area contributed by atoms with Crippen LogP contribution in [0.25, 0.3) is 0 Å². The third-order valence-corrected chi connectivity index (χ3v) is 10.7. The number of nitrogens with two attached hydrogens (primary N) is 1. The summed E-state index contributed by atoms with van der Waals surface area (Å²) in [7, 11) is 2.07. The normalized spacial score (nSPS) is 21.7. The summed E-state index contributed by atoms with van der Waals surface area (Å²) in [4.78, 5) is 2.16. The average molecular weight is 668 g/mol. The number of nitrogens with one attached hydrogen (secondary N) is 3. The summed E-state index contributed by atoms with van der Waals surface area (Å²) in [5.41, 5.74) is 16.7. The predicted octanol–water partition coefficient (Wildman–Crippen LogP) is 9.94. The zero-order valence-electron chi connectivity index (χ0n) is 31.3. The Kier molecular flexibility index (Phi) is 13.6. The lowest BCUT2D eigenvalue weighted by Crippen LogP contribution is -2.47. The van der Waals surface area contributed by atoms with Crippen molar-refractivity contribution < 1.29 is 4.39 Å². The van der Waals surface area contributed by atoms with Crippen molar-refractivity contribution in [2.45, 2.75) is 99.1 Å². The third kappa shape index (κ3) is 9.29. The van der Waals surface area contributed by atoms with Gasteiger partial charge in [-0.05, 0) is 99.0 Å². The molecule has 49 heavy (non-hydrogen) atoms. The van der Waals surface area contributed by atoms with Crippen LogP contribution in [0.4, 0.5) is 4.39 Å². The number of likely N-dealkylation sites (N-methyl/N-ethyl adjacent to an activating group) is 1. The molecule has 0 radical (unpaired) electrons. The van der Waals surface area contributed by atoms with E-state index in [4.69, 9.17) is 5.73 Å². The van der Waals surface area contributed by atoms with Crippen LogP contribution in [-0.2, 0) is 13.1 Å². The molecule has 0 spiro atoms. The average Bonchev–Trinajstić information content (AvgIpc) is 3.10. The molecule has 0 aliphatic heterocycles. The van der Waals surface area contributed by atoms with Gasteiger partial charge in [0, 0.05) is 54.8 Å². The minimum absolute atomic E-state index is 0.282. The zero-order valence-corrected chi connectivity index (χ0v) is 31.3. The van der Waals surface area contributed by atoms with Crippen molar-refractivity contribution >= 4 is 0 Å². The van der Waals surface area contributed by atoms with E-state index >= 15 is 0 Å². The molecule has 3 saturated carbocycles. The molecule has 0 atom stereocenters. The maximum atomic E-state index is 14.6. The SMILES string of the molecule is C=C(/C=C(/C(=C)NCC12CCC(C(=C)C)(CC1)CC2)N(C)/C(C)=C\CC)C(=C)NCc1ccc(F)c(CNC2=C(N)C(=C)C2=C)c1.CCC. The second kappa shape index (κ2) is 17.0. The van der Waals surface area contributed by atoms with Gasteiger partial charge in [0.25, 0.3) is 0 Å². The molecule has 5 rings (SSSR count). The Bertz CT molecular complexity index is 1540. The first kappa shape index (κ1) is 39.3. The number of nitrogens with zero attached hydrogens (tertiary/aromatic N) is 1. The highest BCUT2D eigenvalue weighted by molar-refractivity contribution is 5.65. The van der Waals surface area contributed by atoms with Gasteiger partial charge < -0.3 is 26.6 Å². The lowest BCUT2D eigenvalue weighted by atomic mass is 9.52. The first-order chi connectivity index (χ1) is 23.1. The predicted molar refractivity (Wildman–Crippen MR) is 208 cm³/mol. The van der Waals surface area contributed by atoms with Crippen LogP contribution in [0.5, 0.6) is 0 Å². The van der Waals surface area contributed by atoms with Crippen LogP contribution in [-0.4, -0.2) is 18.5 Å². The van der Waals surface area contributed by atoms with Gasteiger partial charge in [-0.3, -0.25) is 0 Å². The van der Waals surface area contributed by atoms with Crippen molar-refractivity contribution in [1.29, 1.82) is 0 Å². The van der Waals surface area contributed by atoms with Gasteiger partial charge in [0.05, 0.1) is 22.8 Å². The fraction of sp³-hybridized carbons (Fsp3) is 0.442. The summed E-state index contributed by atoms with van der Waals surface area (Å²) in [6, 6.07) is 5.10. The Balaban J connectivity index is 0.00000209. The van der Waals surface area contributed by atoms with E-state index in [0.717, 1.165) is 58.0 Å². The molecule has 5 N–H and O–H groups in total. The van der Waals surface area contributed by atoms with Crippen LogP contribution in [0.15, 0.2) is 126 Å². The number of hydrogen-bond acceptors (Lipinski definition) is 5. The molecule has 1 aromatic carbocycles. The number of benzene rings is 1. The van der Waals surface area contributed by atoms with Crippen molar-refractivity contribution in [3.8, 4) is 0 Å². The van der Waals surface area contributed by atoms with E-state index in [0.29, 0.717) is 40.9 Å². The number of hydrogen-bond donors (Lipinski definition) is 4. The van der Waals surface area contributed by atoms with Gasteiger partial charge in [-0.15, -0.1) is 0 Å². The van der Waals surface area contributed by atoms with Crippen LogP contribution in [0.3, 0.4) is 0 Å². The van der Waals surface area contributed by atoms with E-state index in [2.05, 4.69) is 108 Å². The molecule has 4 aliphatic rings. The number of fused-ring (bicyclic) bond motifs is 3. The molecule has 266 valence electrons. The largest absolute Gasteiger partial charge is 0.397 e. The van der Waals surface area contributed by atoms with Crippen molar-refractivity contribution in [3.05, 3.63) is 143 Å². The highest BCUT2D eigenvalue weighted by Crippen LogP contribution is 2.59. The summed E-state index contributed by atoms with van der Waals surface area (Å²) in [5.74, 6) is -0.282. The standard InChI is InChI=1S/C40H54FN5.C3H8/c1-11-12-28(5)46(10)36(32(9)45-25-39-15-18-40(19-16-39,20-17-39)26(2)3)21-27(4)31(8)43-23-33-13-14-35(41)34(22-33)24-44-38-30(7)29(6)37(38)42;1-3-2/h12-14,21-22,43-45H,2,4,6-9,11,15-20,23-25,42H2,1,3,5,10H3;3H2,1-2H3/b28-12-,36-21-;. The second-order valence-electron chi connectivity index (χ2n) is 14.3. The smallest absolute Gasteiger partial charge is 0.128 e. The second-order valence-corrected chi connectivity index (χ2v) is 14.3. The molecular formula is C43H62FN5. The quantitative estimate of drug-likeness (QED) is 0.104. The van der Waals surface area contributed by atoms with Crippen LogP contribution in [0, 0.1) is 16.6 Å². The number of rotatable bonds is 16. The molecule has 3 fully saturated rings. The van der Waals surface area contributed by atoms with E-state index in [1.165, 1.54) is 56.6 Å². The highest BCUT2D eigenvalue weighted by atomic mass is 19.1. The van der Waals surface area contributed by atoms with Crippen LogP contribution in [0.2, 0.25) is 0 Å².